The van der Waals surface area contributed by atoms with Crippen molar-refractivity contribution in [3.8, 4) is 0 Å². The number of hydrogen-bond donors (Lipinski definition) is 0. The minimum Gasteiger partial charge on any atom is -0.794 e. The van der Waals surface area contributed by atoms with Crippen LogP contribution in [0.15, 0.2) is 0 Å². The van der Waals surface area contributed by atoms with Crippen molar-refractivity contribution in [2.75, 3.05) is 25.4 Å². The van der Waals surface area contributed by atoms with Crippen molar-refractivity contribution in [1.29, 1.82) is 0 Å². The maximum absolute atomic E-state index is 6.35. The van der Waals surface area contributed by atoms with Gasteiger partial charge in [-0.3, -0.25) is 0 Å². The zero-order valence-electron chi connectivity index (χ0n) is 5.07. The quantitative estimate of drug-likeness (QED) is 0.613. The van der Waals surface area contributed by atoms with Crippen molar-refractivity contribution in [2.45, 2.75) is 0 Å². The van der Waals surface area contributed by atoms with Gasteiger partial charge in [0.25, 0.3) is 0 Å². The van der Waals surface area contributed by atoms with Gasteiger partial charge in [-0.2, -0.15) is 25.4 Å². The van der Waals surface area contributed by atoms with Crippen LogP contribution in [0.4, 0.5) is 0 Å². The Labute approximate surface area is 72.3 Å². The van der Waals surface area contributed by atoms with E-state index in [1.807, 2.05) is 0 Å². The summed E-state index contributed by atoms with van der Waals surface area (Å²) in [6.07, 6.45) is 0. The van der Waals surface area contributed by atoms with Crippen LogP contribution in [-0.2, 0) is 29.4 Å². The number of hydrogen-bond acceptors (Lipinski definition) is 1. The molecule has 0 spiro atoms. The summed E-state index contributed by atoms with van der Waals surface area (Å²) >= 11 is 4.37. The molecule has 9 heavy (non-hydrogen) atoms. The van der Waals surface area contributed by atoms with E-state index in [0.717, 1.165) is 0 Å². The van der Waals surface area contributed by atoms with E-state index in [4.69, 9.17) is 17.2 Å². The van der Waals surface area contributed by atoms with E-state index in [1.165, 1.54) is 0 Å². The Bertz CT molecular complexity index is 23.8. The largest absolute Gasteiger partial charge is 0.794 e. The zero-order valence-corrected chi connectivity index (χ0v) is 6.93. The summed E-state index contributed by atoms with van der Waals surface area (Å²) in [5, 5.41) is 0. The van der Waals surface area contributed by atoms with Crippen molar-refractivity contribution in [3.05, 3.63) is 17.2 Å². The molecule has 0 amide bonds. The third-order valence-electron chi connectivity index (χ3n) is 0.227. The molecule has 0 aromatic rings. The molecule has 0 heterocycles. The van der Waals surface area contributed by atoms with Gasteiger partial charge in [-0.1, -0.05) is 0 Å². The average Bonchev–Trinajstić information content (AvgIpc) is 1.88. The molecule has 3 N–H and O–H groups in total. The summed E-state index contributed by atoms with van der Waals surface area (Å²) in [6, 6.07) is 0. The molecule has 1 radical (unpaired) electrons. The molecule has 0 fully saturated rings. The van der Waals surface area contributed by atoms with Gasteiger partial charge in [0.05, 0.1) is 0 Å². The number of nitrogens with one attached hydrogen (secondary N) is 3. The van der Waals surface area contributed by atoms with E-state index in [-0.39, 0.29) is 29.9 Å². The van der Waals surface area contributed by atoms with Gasteiger partial charge in [0.1, 0.15) is 0 Å². The summed E-state index contributed by atoms with van der Waals surface area (Å²) in [7, 11) is 0. The van der Waals surface area contributed by atoms with Crippen LogP contribution in [0.5, 0.6) is 0 Å². The fourth-order valence-electron chi connectivity index (χ4n) is 0. The molecule has 5 heteroatoms. The van der Waals surface area contributed by atoms with Crippen molar-refractivity contribution in [3.63, 3.8) is 0 Å². The first-order valence-corrected chi connectivity index (χ1v) is 2.93. The Balaban J connectivity index is -0.0000000720. The molecular formula is C4H11CoN3S-4. The normalized spacial score (nSPS) is 6.67. The molecule has 0 aliphatic heterocycles. The summed E-state index contributed by atoms with van der Waals surface area (Å²) in [4.78, 5) is 0. The Hall–Kier alpha value is 0.736. The van der Waals surface area contributed by atoms with Gasteiger partial charge in [0, 0.05) is 16.8 Å². The first-order valence-electron chi connectivity index (χ1n) is 2.35. The summed E-state index contributed by atoms with van der Waals surface area (Å²) < 4.78 is 0. The Morgan fingerprint density at radius 2 is 1.11 bits per heavy atom. The number of rotatable bonds is 2. The SMILES string of the molecule is [Co].[NH-]CC[NH-].[NH-]CC[S-]. The third kappa shape index (κ3) is 52.9. The van der Waals surface area contributed by atoms with Crippen LogP contribution in [-0.4, -0.2) is 25.4 Å². The van der Waals surface area contributed by atoms with Crippen molar-refractivity contribution in [1.82, 2.24) is 0 Å². The molecule has 0 aliphatic rings. The first kappa shape index (κ1) is 16.4. The monoisotopic (exact) mass is 192 g/mol. The molecule has 0 saturated carbocycles. The maximum atomic E-state index is 6.35. The molecule has 61 valence electrons. The topological polar surface area (TPSA) is 71.4 Å². The van der Waals surface area contributed by atoms with Crippen molar-refractivity contribution >= 4 is 12.6 Å². The van der Waals surface area contributed by atoms with Crippen molar-refractivity contribution < 1.29 is 16.8 Å². The Morgan fingerprint density at radius 1 is 0.889 bits per heavy atom. The molecule has 0 atom stereocenters. The van der Waals surface area contributed by atoms with E-state index in [9.17, 15) is 0 Å². The van der Waals surface area contributed by atoms with Crippen LogP contribution in [0.2, 0.25) is 0 Å². The molecule has 0 aliphatic carbocycles. The van der Waals surface area contributed by atoms with Crippen molar-refractivity contribution in [2.24, 2.45) is 0 Å². The molecule has 0 rings (SSSR count). The predicted octanol–water partition coefficient (Wildman–Crippen LogP) is 1.67. The van der Waals surface area contributed by atoms with Gasteiger partial charge in [0.2, 0.25) is 0 Å². The van der Waals surface area contributed by atoms with Gasteiger partial charge in [-0.15, -0.1) is 0 Å². The standard InChI is InChI=1S/C2H6N2.C2H6NS.Co/c2*3-1-2-4;/h2*3-4H,1-2H2;/q-2;-1;/p-1. The van der Waals surface area contributed by atoms with Gasteiger partial charge in [-0.05, 0) is 0 Å². The average molecular weight is 192 g/mol. The van der Waals surface area contributed by atoms with Crippen LogP contribution < -0.4 is 0 Å². The van der Waals surface area contributed by atoms with Gasteiger partial charge in [-0.25, -0.2) is 0 Å². The maximum Gasteiger partial charge on any atom is 0 e. The second-order valence-corrected chi connectivity index (χ2v) is 1.36. The molecule has 3 nitrogen and oxygen atoms in total. The molecule has 0 saturated heterocycles. The third-order valence-corrected chi connectivity index (χ3v) is 0.431. The summed E-state index contributed by atoms with van der Waals surface area (Å²) in [6.45, 7) is 0.856. The first-order chi connectivity index (χ1) is 3.83. The van der Waals surface area contributed by atoms with Crippen LogP contribution in [0.1, 0.15) is 0 Å². The second kappa shape index (κ2) is 23.3. The molecule has 0 aromatic carbocycles. The Morgan fingerprint density at radius 3 is 1.11 bits per heavy atom. The minimum atomic E-state index is 0. The van der Waals surface area contributed by atoms with E-state index >= 15 is 0 Å². The zero-order chi connectivity index (χ0) is 6.83. The minimum absolute atomic E-state index is 0. The fourth-order valence-corrected chi connectivity index (χ4v) is 0. The second-order valence-electron chi connectivity index (χ2n) is 0.954. The van der Waals surface area contributed by atoms with E-state index in [1.54, 1.807) is 0 Å². The molecule has 0 bridgehead atoms. The van der Waals surface area contributed by atoms with Crippen LogP contribution >= 0.6 is 0 Å². The summed E-state index contributed by atoms with van der Waals surface area (Å²) in [5.41, 5.74) is 18.9. The van der Waals surface area contributed by atoms with Gasteiger partial charge >= 0.3 is 0 Å². The van der Waals surface area contributed by atoms with E-state index < -0.39 is 0 Å². The van der Waals surface area contributed by atoms with Gasteiger partial charge in [0.15, 0.2) is 0 Å². The summed E-state index contributed by atoms with van der Waals surface area (Å²) in [5.74, 6) is 0.569. The van der Waals surface area contributed by atoms with Crippen LogP contribution in [0.3, 0.4) is 0 Å². The van der Waals surface area contributed by atoms with Crippen LogP contribution in [0, 0.1) is 0 Å². The fraction of sp³-hybridized carbons (Fsp3) is 1.00. The predicted molar refractivity (Wildman–Crippen MR) is 39.8 cm³/mol. The Kier molecular flexibility index (Phi) is 42.4. The van der Waals surface area contributed by atoms with E-state index in [2.05, 4.69) is 12.6 Å². The molecule has 0 unspecified atom stereocenters. The van der Waals surface area contributed by atoms with E-state index in [0.29, 0.717) is 12.3 Å². The smallest absolute Gasteiger partial charge is 0 e. The van der Waals surface area contributed by atoms with Crippen LogP contribution in [0.25, 0.3) is 17.2 Å². The molecule has 0 aromatic heterocycles. The van der Waals surface area contributed by atoms with Gasteiger partial charge < -0.3 is 29.8 Å². The molecular weight excluding hydrogens is 181 g/mol.